The molecular formula is C14H27N3O. The Labute approximate surface area is 110 Å². The Morgan fingerprint density at radius 3 is 2.61 bits per heavy atom. The Morgan fingerprint density at radius 1 is 0.944 bits per heavy atom. The Bertz CT molecular complexity index is 257. The van der Waals surface area contributed by atoms with E-state index < -0.39 is 0 Å². The van der Waals surface area contributed by atoms with Gasteiger partial charge in [0.2, 0.25) is 5.91 Å². The maximum atomic E-state index is 11.9. The van der Waals surface area contributed by atoms with Gasteiger partial charge in [-0.25, -0.2) is 0 Å². The van der Waals surface area contributed by atoms with E-state index in [1.54, 1.807) is 0 Å². The average Bonchev–Trinajstić information content (AvgIpc) is 2.39. The first-order valence-corrected chi connectivity index (χ1v) is 7.58. The molecule has 2 N–H and O–H groups in total. The van der Waals surface area contributed by atoms with Crippen LogP contribution < -0.4 is 10.6 Å². The number of amides is 1. The van der Waals surface area contributed by atoms with Crippen molar-refractivity contribution in [3.63, 3.8) is 0 Å². The predicted octanol–water partition coefficient (Wildman–Crippen LogP) is 1.12. The van der Waals surface area contributed by atoms with E-state index in [9.17, 15) is 4.79 Å². The van der Waals surface area contributed by atoms with Gasteiger partial charge in [-0.1, -0.05) is 6.42 Å². The Morgan fingerprint density at radius 2 is 1.72 bits per heavy atom. The number of piperidine rings is 1. The van der Waals surface area contributed by atoms with Crippen molar-refractivity contribution in [3.8, 4) is 0 Å². The number of nitrogens with zero attached hydrogens (tertiary/aromatic N) is 1. The summed E-state index contributed by atoms with van der Waals surface area (Å²) in [6.45, 7) is 5.31. The van der Waals surface area contributed by atoms with E-state index in [0.717, 1.165) is 26.1 Å². The molecule has 0 spiro atoms. The van der Waals surface area contributed by atoms with Gasteiger partial charge in [0.15, 0.2) is 0 Å². The van der Waals surface area contributed by atoms with E-state index in [-0.39, 0.29) is 5.91 Å². The summed E-state index contributed by atoms with van der Waals surface area (Å²) >= 11 is 0. The second kappa shape index (κ2) is 7.74. The van der Waals surface area contributed by atoms with Crippen molar-refractivity contribution in [2.75, 3.05) is 32.7 Å². The molecule has 0 bridgehead atoms. The molecule has 0 radical (unpaired) electrons. The SMILES string of the molecule is O=C1CC2CCCCN2CCCCNCCCN1. The van der Waals surface area contributed by atoms with E-state index >= 15 is 0 Å². The number of fused-ring (bicyclic) bond motifs is 1. The smallest absolute Gasteiger partial charge is 0.221 e. The van der Waals surface area contributed by atoms with Crippen LogP contribution in [-0.2, 0) is 4.79 Å². The number of hydrogen-bond donors (Lipinski definition) is 2. The molecule has 0 aromatic heterocycles. The molecule has 2 saturated heterocycles. The first kappa shape index (κ1) is 13.8. The van der Waals surface area contributed by atoms with Crippen molar-refractivity contribution < 1.29 is 4.79 Å². The van der Waals surface area contributed by atoms with Gasteiger partial charge in [0.05, 0.1) is 0 Å². The zero-order valence-electron chi connectivity index (χ0n) is 11.4. The molecule has 4 nitrogen and oxygen atoms in total. The normalized spacial score (nSPS) is 29.3. The Hall–Kier alpha value is -0.610. The number of nitrogens with one attached hydrogen (secondary N) is 2. The Kier molecular flexibility index (Phi) is 5.94. The molecule has 1 atom stereocenters. The molecule has 18 heavy (non-hydrogen) atoms. The molecule has 2 aliphatic rings. The van der Waals surface area contributed by atoms with E-state index in [4.69, 9.17) is 0 Å². The van der Waals surface area contributed by atoms with Gasteiger partial charge in [0.25, 0.3) is 0 Å². The quantitative estimate of drug-likeness (QED) is 0.680. The number of carbonyl (C=O) groups excluding carboxylic acids is 1. The van der Waals surface area contributed by atoms with Gasteiger partial charge in [0.1, 0.15) is 0 Å². The third-order valence-corrected chi connectivity index (χ3v) is 4.07. The standard InChI is InChI=1S/C14H27N3O/c18-14-12-13-6-1-3-10-17(13)11-4-2-7-15-8-5-9-16-14/h13,15H,1-12H2,(H,16,18). The van der Waals surface area contributed by atoms with Crippen LogP contribution in [0.4, 0.5) is 0 Å². The highest BCUT2D eigenvalue weighted by atomic mass is 16.1. The van der Waals surface area contributed by atoms with Crippen LogP contribution in [-0.4, -0.2) is 49.6 Å². The maximum absolute atomic E-state index is 11.9. The van der Waals surface area contributed by atoms with Crippen molar-refractivity contribution >= 4 is 5.91 Å². The van der Waals surface area contributed by atoms with Crippen molar-refractivity contribution in [1.29, 1.82) is 0 Å². The second-order valence-corrected chi connectivity index (χ2v) is 5.55. The zero-order valence-corrected chi connectivity index (χ0v) is 11.4. The van der Waals surface area contributed by atoms with Gasteiger partial charge in [-0.05, 0) is 58.3 Å². The lowest BCUT2D eigenvalue weighted by molar-refractivity contribution is -0.122. The molecule has 4 heteroatoms. The fraction of sp³-hybridized carbons (Fsp3) is 0.929. The summed E-state index contributed by atoms with van der Waals surface area (Å²) < 4.78 is 0. The lowest BCUT2D eigenvalue weighted by Crippen LogP contribution is -2.43. The third kappa shape index (κ3) is 4.58. The average molecular weight is 253 g/mol. The van der Waals surface area contributed by atoms with Crippen molar-refractivity contribution in [2.24, 2.45) is 0 Å². The van der Waals surface area contributed by atoms with Crippen LogP contribution in [0.1, 0.15) is 44.9 Å². The molecule has 0 aliphatic carbocycles. The third-order valence-electron chi connectivity index (χ3n) is 4.07. The zero-order chi connectivity index (χ0) is 12.6. The molecule has 1 unspecified atom stereocenters. The summed E-state index contributed by atoms with van der Waals surface area (Å²) in [5, 5.41) is 6.49. The van der Waals surface area contributed by atoms with Crippen LogP contribution in [0.3, 0.4) is 0 Å². The topological polar surface area (TPSA) is 44.4 Å². The largest absolute Gasteiger partial charge is 0.356 e. The molecular weight excluding hydrogens is 226 g/mol. The van der Waals surface area contributed by atoms with E-state index in [1.807, 2.05) is 0 Å². The fourth-order valence-corrected chi connectivity index (χ4v) is 3.00. The minimum atomic E-state index is 0.242. The van der Waals surface area contributed by atoms with Gasteiger partial charge >= 0.3 is 0 Å². The van der Waals surface area contributed by atoms with Gasteiger partial charge in [-0.3, -0.25) is 9.69 Å². The molecule has 2 heterocycles. The van der Waals surface area contributed by atoms with E-state index in [0.29, 0.717) is 12.5 Å². The van der Waals surface area contributed by atoms with Crippen LogP contribution in [0.5, 0.6) is 0 Å². The monoisotopic (exact) mass is 253 g/mol. The summed E-state index contributed by atoms with van der Waals surface area (Å²) in [5.41, 5.74) is 0. The van der Waals surface area contributed by atoms with E-state index in [1.165, 1.54) is 45.2 Å². The molecule has 0 aromatic carbocycles. The summed E-state index contributed by atoms with van der Waals surface area (Å²) in [7, 11) is 0. The summed E-state index contributed by atoms with van der Waals surface area (Å²) in [6.07, 6.45) is 8.04. The van der Waals surface area contributed by atoms with Crippen LogP contribution in [0, 0.1) is 0 Å². The molecule has 104 valence electrons. The molecule has 2 rings (SSSR count). The first-order valence-electron chi connectivity index (χ1n) is 7.58. The molecule has 1 amide bonds. The van der Waals surface area contributed by atoms with E-state index in [2.05, 4.69) is 15.5 Å². The first-order chi connectivity index (χ1) is 8.86. The second-order valence-electron chi connectivity index (χ2n) is 5.55. The van der Waals surface area contributed by atoms with Crippen molar-refractivity contribution in [3.05, 3.63) is 0 Å². The minimum absolute atomic E-state index is 0.242. The highest BCUT2D eigenvalue weighted by molar-refractivity contribution is 5.76. The van der Waals surface area contributed by atoms with Gasteiger partial charge in [0, 0.05) is 19.0 Å². The number of carbonyl (C=O) groups is 1. The van der Waals surface area contributed by atoms with Crippen LogP contribution in [0.15, 0.2) is 0 Å². The maximum Gasteiger partial charge on any atom is 0.221 e. The highest BCUT2D eigenvalue weighted by Crippen LogP contribution is 2.20. The van der Waals surface area contributed by atoms with Gasteiger partial charge in [-0.2, -0.15) is 0 Å². The van der Waals surface area contributed by atoms with Crippen LogP contribution in [0.2, 0.25) is 0 Å². The van der Waals surface area contributed by atoms with Gasteiger partial charge in [-0.15, -0.1) is 0 Å². The van der Waals surface area contributed by atoms with Crippen molar-refractivity contribution in [2.45, 2.75) is 51.0 Å². The lowest BCUT2D eigenvalue weighted by Gasteiger charge is -2.35. The summed E-state index contributed by atoms with van der Waals surface area (Å²) in [6, 6.07) is 0.493. The number of rotatable bonds is 0. The highest BCUT2D eigenvalue weighted by Gasteiger charge is 2.24. The Balaban J connectivity index is 1.87. The lowest BCUT2D eigenvalue weighted by atomic mass is 9.98. The minimum Gasteiger partial charge on any atom is -0.356 e. The van der Waals surface area contributed by atoms with Gasteiger partial charge < -0.3 is 10.6 Å². The fourth-order valence-electron chi connectivity index (χ4n) is 3.00. The molecule has 0 saturated carbocycles. The number of hydrogen-bond acceptors (Lipinski definition) is 3. The van der Waals surface area contributed by atoms with Crippen molar-refractivity contribution in [1.82, 2.24) is 15.5 Å². The van der Waals surface area contributed by atoms with Crippen LogP contribution in [0.25, 0.3) is 0 Å². The molecule has 2 fully saturated rings. The summed E-state index contributed by atoms with van der Waals surface area (Å²) in [4.78, 5) is 14.4. The molecule has 0 aromatic rings. The molecule has 2 aliphatic heterocycles. The van der Waals surface area contributed by atoms with Crippen LogP contribution >= 0.6 is 0 Å². The predicted molar refractivity (Wildman–Crippen MR) is 73.6 cm³/mol. The summed E-state index contributed by atoms with van der Waals surface area (Å²) in [5.74, 6) is 0.242.